The van der Waals surface area contributed by atoms with E-state index < -0.39 is 22.6 Å². The van der Waals surface area contributed by atoms with Crippen LogP contribution in [0.4, 0.5) is 14.6 Å². The first-order valence-corrected chi connectivity index (χ1v) is 21.3. The highest BCUT2D eigenvalue weighted by molar-refractivity contribution is 7.83. The van der Waals surface area contributed by atoms with Crippen molar-refractivity contribution in [3.63, 3.8) is 0 Å². The van der Waals surface area contributed by atoms with Gasteiger partial charge in [-0.2, -0.15) is 14.1 Å². The fraction of sp³-hybridized carbons (Fsp3) is 0.386. The molecule has 5 fully saturated rings. The Morgan fingerprint density at radius 3 is 2.36 bits per heavy atom. The summed E-state index contributed by atoms with van der Waals surface area (Å²) in [6, 6.07) is 16.3. The summed E-state index contributed by atoms with van der Waals surface area (Å²) in [6.07, 6.45) is 19.0. The van der Waals surface area contributed by atoms with E-state index in [-0.39, 0.29) is 28.5 Å². The van der Waals surface area contributed by atoms with Gasteiger partial charge < -0.3 is 25.0 Å². The predicted octanol–water partition coefficient (Wildman–Crippen LogP) is 6.73. The molecule has 1 aliphatic carbocycles. The first-order chi connectivity index (χ1) is 28.8. The second kappa shape index (κ2) is 16.6. The number of piperazine rings is 1. The van der Waals surface area contributed by atoms with Crippen molar-refractivity contribution in [2.75, 3.05) is 38.2 Å². The number of pyridine rings is 1. The summed E-state index contributed by atoms with van der Waals surface area (Å²) >= 11 is 0. The molecule has 304 valence electrons. The lowest BCUT2D eigenvalue weighted by Crippen LogP contribution is -2.51. The van der Waals surface area contributed by atoms with Crippen molar-refractivity contribution in [1.29, 1.82) is 0 Å². The van der Waals surface area contributed by atoms with Crippen LogP contribution in [0, 0.1) is 24.0 Å². The molecule has 0 radical (unpaired) electrons. The third-order valence-corrected chi connectivity index (χ3v) is 13.0. The summed E-state index contributed by atoms with van der Waals surface area (Å²) in [5.41, 5.74) is 0.635. The summed E-state index contributed by atoms with van der Waals surface area (Å²) in [6.45, 7) is 4.32. The first-order valence-electron chi connectivity index (χ1n) is 20.2. The van der Waals surface area contributed by atoms with E-state index in [4.69, 9.17) is 16.3 Å². The molecule has 6 aromatic rings. The van der Waals surface area contributed by atoms with Gasteiger partial charge in [0.25, 0.3) is 0 Å². The summed E-state index contributed by atoms with van der Waals surface area (Å²) in [4.78, 5) is 22.9. The Labute approximate surface area is 343 Å². The highest BCUT2D eigenvalue weighted by atomic mass is 32.2. The van der Waals surface area contributed by atoms with Crippen LogP contribution in [0.25, 0.3) is 32.9 Å². The van der Waals surface area contributed by atoms with Gasteiger partial charge >= 0.3 is 6.01 Å². The maximum absolute atomic E-state index is 16.1. The van der Waals surface area contributed by atoms with Gasteiger partial charge in [-0.05, 0) is 100 Å². The lowest BCUT2D eigenvalue weighted by Gasteiger charge is -2.34. The van der Waals surface area contributed by atoms with Gasteiger partial charge in [0, 0.05) is 54.3 Å². The second-order valence-corrected chi connectivity index (χ2v) is 17.1. The molecule has 7 heterocycles. The largest absolute Gasteiger partial charge is 0.508 e. The number of halogens is 2. The minimum atomic E-state index is -1.39. The lowest BCUT2D eigenvalue weighted by atomic mass is 9.96. The highest BCUT2D eigenvalue weighted by Crippen LogP contribution is 2.39. The molecule has 4 aliphatic heterocycles. The number of ether oxygens (including phenoxy) is 1. The van der Waals surface area contributed by atoms with Crippen LogP contribution in [0.2, 0.25) is 0 Å². The minimum Gasteiger partial charge on any atom is -0.508 e. The molecule has 3 aromatic heterocycles. The van der Waals surface area contributed by atoms with Crippen LogP contribution in [0.3, 0.4) is 0 Å². The lowest BCUT2D eigenvalue weighted by molar-refractivity contribution is 0.325. The summed E-state index contributed by atoms with van der Waals surface area (Å²) in [5, 5.41) is 18.6. The minimum absolute atomic E-state index is 0.0484. The number of methoxy groups -OCH3 is 1. The smallest absolute Gasteiger partial charge is 0.318 e. The van der Waals surface area contributed by atoms with Gasteiger partial charge in [-0.1, -0.05) is 30.2 Å². The van der Waals surface area contributed by atoms with E-state index in [1.165, 1.54) is 74.5 Å². The molecule has 11 rings (SSSR count). The van der Waals surface area contributed by atoms with E-state index in [1.54, 1.807) is 42.6 Å². The van der Waals surface area contributed by atoms with Crippen molar-refractivity contribution in [3.05, 3.63) is 90.1 Å². The molecule has 0 spiro atoms. The molecule has 3 unspecified atom stereocenters. The summed E-state index contributed by atoms with van der Waals surface area (Å²) in [5.74, 6) is 3.23. The van der Waals surface area contributed by atoms with E-state index in [0.29, 0.717) is 50.4 Å². The normalized spacial score (nSPS) is 20.4. The molecule has 0 amide bonds. The number of rotatable bonds is 6. The molecule has 12 nitrogen and oxygen atoms in total. The third-order valence-electron chi connectivity index (χ3n) is 11.9. The number of terminal acetylenes is 1. The van der Waals surface area contributed by atoms with Crippen molar-refractivity contribution < 1.29 is 22.8 Å². The predicted molar refractivity (Wildman–Crippen MR) is 223 cm³/mol. The highest BCUT2D eigenvalue weighted by Gasteiger charge is 2.34. The number of nitrogens with one attached hydrogen (secondary N) is 1. The van der Waals surface area contributed by atoms with Gasteiger partial charge in [0.15, 0.2) is 22.6 Å². The number of nitrogens with zero attached hydrogens (tertiary/aromatic N) is 8. The standard InChI is InChI=1S/C26H21F2N5O.C11H11N3O2S.C7H13N/c1-3-17-20(27)10-7-14-5-4-6-18(21(14)17)23-22(28)24-19(11-29-23)25(32-26(31-24)34-2)33-12-15-8-9-16(13-33)30-15;15-9-3-5-10(6-4-9)17(16)14-7-12-11(13-14)8-1-2-8;1-3-7-4-2-6-8(7)5-1/h1,4-7,10-11,15-16,30H,8-9,12-13H2,2H3;3-8,15H,1-2H2;7H,1-6H2. The zero-order valence-electron chi connectivity index (χ0n) is 32.7. The quantitative estimate of drug-likeness (QED) is 0.173. The van der Waals surface area contributed by atoms with Crippen molar-refractivity contribution in [1.82, 2.24) is 39.3 Å². The number of phenolic OH excluding ortho intramolecular Hbond substituents is 1. The van der Waals surface area contributed by atoms with Crippen molar-refractivity contribution in [2.45, 2.75) is 80.3 Å². The van der Waals surface area contributed by atoms with Gasteiger partial charge in [-0.25, -0.2) is 18.0 Å². The molecular weight excluding hydrogens is 773 g/mol. The Hall–Kier alpha value is -5.56. The molecule has 4 saturated heterocycles. The molecule has 1 saturated carbocycles. The molecule has 2 bridgehead atoms. The number of benzene rings is 3. The van der Waals surface area contributed by atoms with Crippen LogP contribution in [-0.2, 0) is 11.0 Å². The fourth-order valence-corrected chi connectivity index (χ4v) is 9.67. The SMILES string of the molecule is C#Cc1c(F)ccc2cccc(-c3ncc4c(N5CC6CCC(C5)N6)nc(OC)nc4c3F)c12.C1CC2CCCN2C1.O=S(c1ccc(O)cc1)n1cnc(C2CC2)n1. The Balaban J connectivity index is 0.000000147. The molecular formula is C44H45F2N9O3S. The topological polar surface area (TPSA) is 134 Å². The Morgan fingerprint density at radius 1 is 0.932 bits per heavy atom. The van der Waals surface area contributed by atoms with Crippen molar-refractivity contribution in [3.8, 4) is 35.4 Å². The number of anilines is 1. The Bertz CT molecular complexity index is 2550. The molecule has 15 heteroatoms. The van der Waals surface area contributed by atoms with Gasteiger partial charge in [-0.3, -0.25) is 4.98 Å². The Morgan fingerprint density at radius 2 is 1.68 bits per heavy atom. The summed E-state index contributed by atoms with van der Waals surface area (Å²) in [7, 11) is 0.0664. The van der Waals surface area contributed by atoms with Crippen LogP contribution in [0.15, 0.2) is 72.0 Å². The number of fused-ring (bicyclic) bond motifs is 5. The van der Waals surface area contributed by atoms with Gasteiger partial charge in [0.1, 0.15) is 34.9 Å². The van der Waals surface area contributed by atoms with E-state index >= 15 is 4.39 Å². The number of aromatic hydroxyl groups is 1. The molecule has 2 N–H and O–H groups in total. The fourth-order valence-electron chi connectivity index (χ4n) is 8.79. The van der Waals surface area contributed by atoms with Crippen LogP contribution in [0.1, 0.15) is 68.7 Å². The van der Waals surface area contributed by atoms with E-state index in [0.717, 1.165) is 50.6 Å². The zero-order valence-corrected chi connectivity index (χ0v) is 33.5. The number of aromatic nitrogens is 6. The number of hydrogen-bond donors (Lipinski definition) is 2. The van der Waals surface area contributed by atoms with Crippen LogP contribution >= 0.6 is 0 Å². The average molecular weight is 818 g/mol. The molecule has 59 heavy (non-hydrogen) atoms. The van der Waals surface area contributed by atoms with E-state index in [9.17, 15) is 8.60 Å². The number of phenols is 1. The van der Waals surface area contributed by atoms with Gasteiger partial charge in [0.05, 0.1) is 23.0 Å². The second-order valence-electron chi connectivity index (χ2n) is 15.7. The van der Waals surface area contributed by atoms with Gasteiger partial charge in [0.2, 0.25) is 0 Å². The zero-order chi connectivity index (χ0) is 40.6. The van der Waals surface area contributed by atoms with E-state index in [2.05, 4.69) is 46.1 Å². The first kappa shape index (κ1) is 38.9. The van der Waals surface area contributed by atoms with Crippen LogP contribution in [0.5, 0.6) is 11.8 Å². The molecule has 3 atom stereocenters. The van der Waals surface area contributed by atoms with Crippen molar-refractivity contribution in [2.24, 2.45) is 0 Å². The molecule has 5 aliphatic rings. The number of hydrogen-bond acceptors (Lipinski definition) is 11. The third kappa shape index (κ3) is 7.96. The summed E-state index contributed by atoms with van der Waals surface area (Å²) < 4.78 is 49.3. The van der Waals surface area contributed by atoms with Crippen LogP contribution in [-0.4, -0.2) is 94.8 Å². The van der Waals surface area contributed by atoms with Gasteiger partial charge in [-0.15, -0.1) is 11.5 Å². The van der Waals surface area contributed by atoms with E-state index in [1.807, 2.05) is 0 Å². The Kier molecular flexibility index (Phi) is 11.0. The molecule has 3 aromatic carbocycles. The van der Waals surface area contributed by atoms with Crippen LogP contribution < -0.4 is 15.0 Å². The maximum Gasteiger partial charge on any atom is 0.318 e. The van der Waals surface area contributed by atoms with Crippen molar-refractivity contribution >= 4 is 38.5 Å². The average Bonchev–Trinajstić information content (AvgIpc) is 3.55. The monoisotopic (exact) mass is 817 g/mol. The maximum atomic E-state index is 16.1.